The smallest absolute Gasteiger partial charge is 0.114 e. The molecule has 1 rings (SSSR count). The van der Waals surface area contributed by atoms with E-state index in [-0.39, 0.29) is 0 Å². The molecule has 0 saturated heterocycles. The molecule has 0 spiro atoms. The first-order valence-electron chi connectivity index (χ1n) is 3.80. The van der Waals surface area contributed by atoms with Crippen LogP contribution in [0.25, 0.3) is 0 Å². The molecule has 1 aromatic rings. The van der Waals surface area contributed by atoms with E-state index in [1.165, 1.54) is 4.88 Å². The predicted molar refractivity (Wildman–Crippen MR) is 52.9 cm³/mol. The van der Waals surface area contributed by atoms with Gasteiger partial charge in [0.1, 0.15) is 7.85 Å². The van der Waals surface area contributed by atoms with Crippen LogP contribution in [-0.2, 0) is 6.42 Å². The zero-order valence-electron chi connectivity index (χ0n) is 7.35. The second-order valence-electron chi connectivity index (χ2n) is 4.08. The van der Waals surface area contributed by atoms with Gasteiger partial charge in [-0.2, -0.15) is 0 Å². The minimum atomic E-state index is 0.372. The van der Waals surface area contributed by atoms with Crippen LogP contribution in [0.1, 0.15) is 25.6 Å². The molecule has 58 valence electrons. The molecule has 0 aromatic carbocycles. The van der Waals surface area contributed by atoms with Crippen LogP contribution in [0.3, 0.4) is 0 Å². The Morgan fingerprint density at radius 2 is 2.09 bits per heavy atom. The van der Waals surface area contributed by atoms with Crippen molar-refractivity contribution in [1.82, 2.24) is 0 Å². The van der Waals surface area contributed by atoms with Gasteiger partial charge in [-0.15, -0.1) is 11.3 Å². The Bertz CT molecular complexity index is 232. The highest BCUT2D eigenvalue weighted by atomic mass is 32.1. The zero-order valence-corrected chi connectivity index (χ0v) is 8.16. The topological polar surface area (TPSA) is 0 Å². The average Bonchev–Trinajstić information content (AvgIpc) is 2.10. The SMILES string of the molecule is [B]c1csc(CC(C)(C)C)c1. The minimum Gasteiger partial charge on any atom is -0.150 e. The van der Waals surface area contributed by atoms with Crippen molar-refractivity contribution in [1.29, 1.82) is 0 Å². The van der Waals surface area contributed by atoms with Crippen molar-refractivity contribution in [2.24, 2.45) is 5.41 Å². The van der Waals surface area contributed by atoms with Gasteiger partial charge in [-0.05, 0) is 17.2 Å². The number of hydrogen-bond acceptors (Lipinski definition) is 1. The molecule has 0 nitrogen and oxygen atoms in total. The van der Waals surface area contributed by atoms with Crippen LogP contribution in [0.2, 0.25) is 0 Å². The van der Waals surface area contributed by atoms with Gasteiger partial charge in [-0.1, -0.05) is 32.3 Å². The Morgan fingerprint density at radius 1 is 1.45 bits per heavy atom. The fraction of sp³-hybridized carbons (Fsp3) is 0.556. The number of hydrogen-bond donors (Lipinski definition) is 0. The van der Waals surface area contributed by atoms with Crippen LogP contribution in [0.4, 0.5) is 0 Å². The Morgan fingerprint density at radius 3 is 2.45 bits per heavy atom. The van der Waals surface area contributed by atoms with Gasteiger partial charge in [0.2, 0.25) is 0 Å². The summed E-state index contributed by atoms with van der Waals surface area (Å²) in [5, 5.41) is 2.00. The molecule has 2 heteroatoms. The Balaban J connectivity index is 2.65. The van der Waals surface area contributed by atoms with Gasteiger partial charge >= 0.3 is 0 Å². The van der Waals surface area contributed by atoms with Crippen molar-refractivity contribution in [3.8, 4) is 0 Å². The van der Waals surface area contributed by atoms with Crippen molar-refractivity contribution in [3.63, 3.8) is 0 Å². The first kappa shape index (κ1) is 8.86. The second-order valence-corrected chi connectivity index (χ2v) is 5.08. The van der Waals surface area contributed by atoms with E-state index in [2.05, 4.69) is 26.8 Å². The fourth-order valence-electron chi connectivity index (χ4n) is 1.01. The third-order valence-electron chi connectivity index (χ3n) is 1.38. The van der Waals surface area contributed by atoms with E-state index in [0.717, 1.165) is 11.9 Å². The lowest BCUT2D eigenvalue weighted by molar-refractivity contribution is 0.414. The summed E-state index contributed by atoms with van der Waals surface area (Å²) in [4.78, 5) is 1.38. The molecule has 0 aliphatic rings. The van der Waals surface area contributed by atoms with Crippen molar-refractivity contribution in [2.45, 2.75) is 27.2 Å². The molecule has 0 aliphatic heterocycles. The van der Waals surface area contributed by atoms with E-state index in [1.54, 1.807) is 11.3 Å². The summed E-state index contributed by atoms with van der Waals surface area (Å²) in [6, 6.07) is 2.07. The quantitative estimate of drug-likeness (QED) is 0.557. The largest absolute Gasteiger partial charge is 0.150 e. The summed E-state index contributed by atoms with van der Waals surface area (Å²) in [6.45, 7) is 6.72. The second kappa shape index (κ2) is 3.02. The molecule has 2 radical (unpaired) electrons. The molecular formula is C9H13BS. The molecule has 0 saturated carbocycles. The predicted octanol–water partition coefficient (Wildman–Crippen LogP) is 2.13. The third kappa shape index (κ3) is 3.11. The molecule has 0 atom stereocenters. The van der Waals surface area contributed by atoms with Crippen LogP contribution < -0.4 is 5.46 Å². The van der Waals surface area contributed by atoms with Gasteiger partial charge in [0, 0.05) is 4.88 Å². The van der Waals surface area contributed by atoms with Crippen molar-refractivity contribution in [2.75, 3.05) is 0 Å². The molecule has 1 aromatic heterocycles. The summed E-state index contributed by atoms with van der Waals surface area (Å²) in [5.41, 5.74) is 1.27. The summed E-state index contributed by atoms with van der Waals surface area (Å²) in [6.07, 6.45) is 1.12. The first-order valence-corrected chi connectivity index (χ1v) is 4.68. The molecule has 1 heterocycles. The Kier molecular flexibility index (Phi) is 2.43. The van der Waals surface area contributed by atoms with E-state index in [0.29, 0.717) is 5.41 Å². The maximum Gasteiger partial charge on any atom is 0.114 e. The Labute approximate surface area is 74.0 Å². The maximum absolute atomic E-state index is 5.61. The van der Waals surface area contributed by atoms with Crippen LogP contribution in [0.15, 0.2) is 11.4 Å². The molecule has 11 heavy (non-hydrogen) atoms. The summed E-state index contributed by atoms with van der Waals surface area (Å²) in [7, 11) is 5.61. The highest BCUT2D eigenvalue weighted by Crippen LogP contribution is 2.22. The highest BCUT2D eigenvalue weighted by Gasteiger charge is 2.11. The van der Waals surface area contributed by atoms with Crippen molar-refractivity contribution < 1.29 is 0 Å². The van der Waals surface area contributed by atoms with Gasteiger partial charge in [0.15, 0.2) is 0 Å². The molecule has 0 aliphatic carbocycles. The van der Waals surface area contributed by atoms with E-state index < -0.39 is 0 Å². The number of thiophene rings is 1. The Hall–Kier alpha value is -0.235. The van der Waals surface area contributed by atoms with E-state index in [4.69, 9.17) is 7.85 Å². The average molecular weight is 164 g/mol. The van der Waals surface area contributed by atoms with Gasteiger partial charge < -0.3 is 0 Å². The van der Waals surface area contributed by atoms with Gasteiger partial charge in [0.05, 0.1) is 0 Å². The van der Waals surface area contributed by atoms with Crippen LogP contribution >= 0.6 is 11.3 Å². The van der Waals surface area contributed by atoms with E-state index in [1.807, 2.05) is 5.38 Å². The number of rotatable bonds is 1. The highest BCUT2D eigenvalue weighted by molar-refractivity contribution is 7.10. The molecule has 0 N–H and O–H groups in total. The fourth-order valence-corrected chi connectivity index (χ4v) is 2.09. The lowest BCUT2D eigenvalue weighted by atomic mass is 9.90. The van der Waals surface area contributed by atoms with Gasteiger partial charge in [-0.3, -0.25) is 0 Å². The summed E-state index contributed by atoms with van der Waals surface area (Å²) < 4.78 is 0. The molecule has 0 fully saturated rings. The lowest BCUT2D eigenvalue weighted by Crippen LogP contribution is -2.08. The van der Waals surface area contributed by atoms with Crippen LogP contribution in [-0.4, -0.2) is 7.85 Å². The van der Waals surface area contributed by atoms with Crippen molar-refractivity contribution >= 4 is 24.6 Å². The summed E-state index contributed by atoms with van der Waals surface area (Å²) in [5.74, 6) is 0. The molecule has 0 amide bonds. The minimum absolute atomic E-state index is 0.372. The third-order valence-corrected chi connectivity index (χ3v) is 2.33. The first-order chi connectivity index (χ1) is 4.97. The van der Waals surface area contributed by atoms with E-state index >= 15 is 0 Å². The van der Waals surface area contributed by atoms with Crippen molar-refractivity contribution in [3.05, 3.63) is 16.3 Å². The van der Waals surface area contributed by atoms with E-state index in [9.17, 15) is 0 Å². The molecule has 0 bridgehead atoms. The van der Waals surface area contributed by atoms with Gasteiger partial charge in [-0.25, -0.2) is 0 Å². The van der Waals surface area contributed by atoms with Gasteiger partial charge in [0.25, 0.3) is 0 Å². The van der Waals surface area contributed by atoms with Crippen LogP contribution in [0.5, 0.6) is 0 Å². The molecule has 0 unspecified atom stereocenters. The standard InChI is InChI=1S/C9H13BS/c1-9(2,3)5-8-4-7(10)6-11-8/h4,6H,5H2,1-3H3. The van der Waals surface area contributed by atoms with Crippen LogP contribution in [0, 0.1) is 5.41 Å². The zero-order chi connectivity index (χ0) is 8.48. The maximum atomic E-state index is 5.61. The lowest BCUT2D eigenvalue weighted by Gasteiger charge is -2.16. The monoisotopic (exact) mass is 164 g/mol. The normalized spacial score (nSPS) is 11.9. The summed E-state index contributed by atoms with van der Waals surface area (Å²) >= 11 is 1.75. The molecular weight excluding hydrogens is 151 g/mol.